The molecular weight excluding hydrogens is 218 g/mol. The van der Waals surface area contributed by atoms with E-state index in [9.17, 15) is 8.42 Å². The van der Waals surface area contributed by atoms with Gasteiger partial charge in [0.1, 0.15) is 0 Å². The van der Waals surface area contributed by atoms with Crippen LogP contribution in [0.4, 0.5) is 0 Å². The molecule has 0 saturated carbocycles. The van der Waals surface area contributed by atoms with Crippen LogP contribution in [0.3, 0.4) is 0 Å². The van der Waals surface area contributed by atoms with Crippen molar-refractivity contribution in [3.8, 4) is 0 Å². The Labute approximate surface area is 92.3 Å². The summed E-state index contributed by atoms with van der Waals surface area (Å²) in [6, 6.07) is 0. The van der Waals surface area contributed by atoms with Crippen molar-refractivity contribution in [1.82, 2.24) is 4.31 Å². The van der Waals surface area contributed by atoms with Gasteiger partial charge in [0, 0.05) is 13.1 Å². The molecule has 1 fully saturated rings. The van der Waals surface area contributed by atoms with Gasteiger partial charge in [-0.2, -0.15) is 12.6 Å². The lowest BCUT2D eigenvalue weighted by molar-refractivity contribution is 0.366. The molecule has 14 heavy (non-hydrogen) atoms. The van der Waals surface area contributed by atoms with Crippen molar-refractivity contribution in [2.75, 3.05) is 24.6 Å². The molecule has 0 aliphatic carbocycles. The third-order valence-corrected chi connectivity index (χ3v) is 5.06. The first-order valence-corrected chi connectivity index (χ1v) is 7.43. The van der Waals surface area contributed by atoms with Gasteiger partial charge in [-0.05, 0) is 24.5 Å². The zero-order valence-electron chi connectivity index (χ0n) is 8.65. The van der Waals surface area contributed by atoms with Crippen LogP contribution in [-0.4, -0.2) is 37.3 Å². The minimum absolute atomic E-state index is 0.332. The summed E-state index contributed by atoms with van der Waals surface area (Å²) in [5.41, 5.74) is 0. The van der Waals surface area contributed by atoms with Gasteiger partial charge in [-0.25, -0.2) is 12.7 Å². The van der Waals surface area contributed by atoms with E-state index < -0.39 is 10.0 Å². The zero-order valence-corrected chi connectivity index (χ0v) is 10.4. The zero-order chi connectivity index (χ0) is 10.6. The molecule has 0 spiro atoms. The highest BCUT2D eigenvalue weighted by Gasteiger charge is 2.29. The van der Waals surface area contributed by atoms with Crippen molar-refractivity contribution in [2.24, 2.45) is 5.92 Å². The summed E-state index contributed by atoms with van der Waals surface area (Å²) >= 11 is 4.26. The fraction of sp³-hybridized carbons (Fsp3) is 1.00. The summed E-state index contributed by atoms with van der Waals surface area (Å²) in [4.78, 5) is 0. The van der Waals surface area contributed by atoms with E-state index in [2.05, 4.69) is 19.6 Å². The Morgan fingerprint density at radius 2 is 2.21 bits per heavy atom. The van der Waals surface area contributed by atoms with Crippen molar-refractivity contribution < 1.29 is 8.42 Å². The molecule has 0 aromatic carbocycles. The molecule has 5 heteroatoms. The van der Waals surface area contributed by atoms with Crippen molar-refractivity contribution in [2.45, 2.75) is 26.2 Å². The van der Waals surface area contributed by atoms with E-state index in [-0.39, 0.29) is 0 Å². The first-order valence-electron chi connectivity index (χ1n) is 5.19. The molecule has 0 amide bonds. The number of hydrogen-bond acceptors (Lipinski definition) is 3. The molecule has 3 nitrogen and oxygen atoms in total. The maximum atomic E-state index is 11.5. The minimum atomic E-state index is -2.91. The van der Waals surface area contributed by atoms with E-state index in [0.717, 1.165) is 25.0 Å². The lowest BCUT2D eigenvalue weighted by Crippen LogP contribution is -2.31. The molecule has 1 aliphatic rings. The number of sulfonamides is 1. The summed E-state index contributed by atoms with van der Waals surface area (Å²) in [7, 11) is -2.91. The minimum Gasteiger partial charge on any atom is -0.212 e. The van der Waals surface area contributed by atoms with Gasteiger partial charge in [0.25, 0.3) is 0 Å². The van der Waals surface area contributed by atoms with E-state index >= 15 is 0 Å². The Bertz CT molecular complexity index is 264. The van der Waals surface area contributed by atoms with E-state index in [4.69, 9.17) is 0 Å². The molecule has 0 bridgehead atoms. The molecule has 1 unspecified atom stereocenters. The third kappa shape index (κ3) is 3.14. The molecule has 0 radical (unpaired) electrons. The average Bonchev–Trinajstić information content (AvgIpc) is 2.45. The topological polar surface area (TPSA) is 37.4 Å². The van der Waals surface area contributed by atoms with Crippen LogP contribution in [0, 0.1) is 5.92 Å². The van der Waals surface area contributed by atoms with E-state index in [0.29, 0.717) is 24.8 Å². The van der Waals surface area contributed by atoms with Crippen LogP contribution >= 0.6 is 12.6 Å². The second-order valence-electron chi connectivity index (χ2n) is 3.86. The lowest BCUT2D eigenvalue weighted by Gasteiger charge is -2.20. The van der Waals surface area contributed by atoms with Crippen LogP contribution in [0.5, 0.6) is 0 Å². The maximum Gasteiger partial charge on any atom is 0.214 e. The molecule has 1 rings (SSSR count). The Hall–Kier alpha value is 0.260. The van der Waals surface area contributed by atoms with Crippen LogP contribution in [0.25, 0.3) is 0 Å². The van der Waals surface area contributed by atoms with Crippen molar-refractivity contribution in [1.29, 1.82) is 0 Å². The maximum absolute atomic E-state index is 11.5. The Morgan fingerprint density at radius 1 is 1.50 bits per heavy atom. The van der Waals surface area contributed by atoms with Crippen LogP contribution in [0.2, 0.25) is 0 Å². The molecular formula is C9H19NO2S2. The smallest absolute Gasteiger partial charge is 0.212 e. The highest BCUT2D eigenvalue weighted by molar-refractivity contribution is 7.89. The van der Waals surface area contributed by atoms with Crippen molar-refractivity contribution in [3.05, 3.63) is 0 Å². The first kappa shape index (κ1) is 12.3. The predicted octanol–water partition coefficient (Wildman–Crippen LogP) is 1.37. The molecule has 1 aliphatic heterocycles. The van der Waals surface area contributed by atoms with Gasteiger partial charge in [-0.15, -0.1) is 0 Å². The molecule has 84 valence electrons. The second-order valence-corrected chi connectivity index (χ2v) is 6.32. The Kier molecular flexibility index (Phi) is 4.73. The van der Waals surface area contributed by atoms with E-state index in [1.54, 1.807) is 4.31 Å². The predicted molar refractivity (Wildman–Crippen MR) is 62.2 cm³/mol. The summed E-state index contributed by atoms with van der Waals surface area (Å²) in [6.07, 6.45) is 2.95. The van der Waals surface area contributed by atoms with Crippen LogP contribution in [0.1, 0.15) is 26.2 Å². The summed E-state index contributed by atoms with van der Waals surface area (Å²) in [5, 5.41) is 0. The fourth-order valence-corrected chi connectivity index (χ4v) is 3.73. The highest BCUT2D eigenvalue weighted by atomic mass is 32.2. The number of hydrogen-bond donors (Lipinski definition) is 1. The van der Waals surface area contributed by atoms with Crippen LogP contribution < -0.4 is 0 Å². The SMILES string of the molecule is CCCC(CS)CN1CCCS1(=O)=O. The second kappa shape index (κ2) is 5.37. The van der Waals surface area contributed by atoms with E-state index in [1.807, 2.05) is 0 Å². The standard InChI is InChI=1S/C9H19NO2S2/c1-2-4-9(8-13)7-10-5-3-6-14(10,11)12/h9,13H,2-8H2,1H3. The number of thiol groups is 1. The molecule has 1 heterocycles. The Balaban J connectivity index is 2.50. The lowest BCUT2D eigenvalue weighted by atomic mass is 10.1. The van der Waals surface area contributed by atoms with E-state index in [1.165, 1.54) is 0 Å². The molecule has 1 atom stereocenters. The summed E-state index contributed by atoms with van der Waals surface area (Å²) in [6.45, 7) is 3.49. The van der Waals surface area contributed by atoms with Crippen LogP contribution in [-0.2, 0) is 10.0 Å². The molecule has 0 aromatic rings. The van der Waals surface area contributed by atoms with Crippen molar-refractivity contribution in [3.63, 3.8) is 0 Å². The van der Waals surface area contributed by atoms with Gasteiger partial charge in [0.2, 0.25) is 10.0 Å². The molecule has 1 saturated heterocycles. The number of rotatable bonds is 5. The van der Waals surface area contributed by atoms with Gasteiger partial charge in [0.15, 0.2) is 0 Å². The third-order valence-electron chi connectivity index (χ3n) is 2.62. The highest BCUT2D eigenvalue weighted by Crippen LogP contribution is 2.18. The molecule has 0 N–H and O–H groups in total. The quantitative estimate of drug-likeness (QED) is 0.733. The number of nitrogens with zero attached hydrogens (tertiary/aromatic N) is 1. The van der Waals surface area contributed by atoms with Gasteiger partial charge >= 0.3 is 0 Å². The normalized spacial score (nSPS) is 23.9. The average molecular weight is 237 g/mol. The Morgan fingerprint density at radius 3 is 2.64 bits per heavy atom. The van der Waals surface area contributed by atoms with Gasteiger partial charge in [0.05, 0.1) is 5.75 Å². The first-order chi connectivity index (χ1) is 6.60. The summed E-state index contributed by atoms with van der Waals surface area (Å²) < 4.78 is 24.7. The molecule has 0 aromatic heterocycles. The van der Waals surface area contributed by atoms with Gasteiger partial charge in [-0.3, -0.25) is 0 Å². The van der Waals surface area contributed by atoms with Gasteiger partial charge in [-0.1, -0.05) is 13.3 Å². The summed E-state index contributed by atoms with van der Waals surface area (Å²) in [5.74, 6) is 1.52. The largest absolute Gasteiger partial charge is 0.214 e. The van der Waals surface area contributed by atoms with Crippen molar-refractivity contribution >= 4 is 22.7 Å². The monoisotopic (exact) mass is 237 g/mol. The fourth-order valence-electron chi connectivity index (χ4n) is 1.83. The van der Waals surface area contributed by atoms with Gasteiger partial charge < -0.3 is 0 Å². The van der Waals surface area contributed by atoms with Crippen LogP contribution in [0.15, 0.2) is 0 Å².